The lowest BCUT2D eigenvalue weighted by Gasteiger charge is -2.40. The summed E-state index contributed by atoms with van der Waals surface area (Å²) in [6, 6.07) is 0. The molecule has 1 aliphatic rings. The maximum atomic E-state index is 13.1. The number of unbranched alkanes of at least 4 members (excludes halogenated alkanes) is 38. The number of hydrogen-bond acceptors (Lipinski definition) is 11. The van der Waals surface area contributed by atoms with Crippen LogP contribution < -0.4 is 0 Å². The molecule has 1 heterocycles. The molecule has 1 saturated heterocycles. The SMILES string of the molecule is CCCC/C=C\CCCCCCCC(=O)OC(COC(=O)CCCCCCCCCCC/C=C\CCCCCCCC)COC1OC(C(=O)O)C(O)C(O)C1OC(=O)CCCCCCCCCCCCCCCCCCC. The van der Waals surface area contributed by atoms with Crippen molar-refractivity contribution in [2.75, 3.05) is 13.2 Å². The first-order chi connectivity index (χ1) is 37.6. The molecule has 0 aromatic heterocycles. The zero-order chi connectivity index (χ0) is 56.1. The third kappa shape index (κ3) is 43.7. The van der Waals surface area contributed by atoms with Gasteiger partial charge in [0.2, 0.25) is 0 Å². The predicted molar refractivity (Wildman–Crippen MR) is 313 cm³/mol. The average molecular weight is 1090 g/mol. The van der Waals surface area contributed by atoms with Crippen molar-refractivity contribution < 1.29 is 58.2 Å². The van der Waals surface area contributed by atoms with Gasteiger partial charge in [0.25, 0.3) is 0 Å². The van der Waals surface area contributed by atoms with E-state index in [1.54, 1.807) is 0 Å². The molecule has 0 spiro atoms. The van der Waals surface area contributed by atoms with Crippen LogP contribution in [0.2, 0.25) is 0 Å². The minimum atomic E-state index is -1.90. The Morgan fingerprint density at radius 3 is 1.14 bits per heavy atom. The van der Waals surface area contributed by atoms with Gasteiger partial charge in [-0.25, -0.2) is 4.79 Å². The molecule has 0 radical (unpaired) electrons. The van der Waals surface area contributed by atoms with Crippen molar-refractivity contribution in [1.82, 2.24) is 0 Å². The van der Waals surface area contributed by atoms with Gasteiger partial charge in [-0.1, -0.05) is 257 Å². The summed E-state index contributed by atoms with van der Waals surface area (Å²) in [5, 5.41) is 31.5. The van der Waals surface area contributed by atoms with E-state index in [0.717, 1.165) is 77.0 Å². The first kappa shape index (κ1) is 72.2. The van der Waals surface area contributed by atoms with Gasteiger partial charge in [-0.05, 0) is 64.2 Å². The third-order valence-electron chi connectivity index (χ3n) is 15.0. The number of carbonyl (C=O) groups is 4. The van der Waals surface area contributed by atoms with E-state index in [2.05, 4.69) is 45.1 Å². The fraction of sp³-hybridized carbons (Fsp3) is 0.877. The van der Waals surface area contributed by atoms with Crippen molar-refractivity contribution in [3.8, 4) is 0 Å². The fourth-order valence-corrected chi connectivity index (χ4v) is 9.99. The molecule has 0 bridgehead atoms. The summed E-state index contributed by atoms with van der Waals surface area (Å²) in [7, 11) is 0. The Morgan fingerprint density at radius 2 is 0.753 bits per heavy atom. The highest BCUT2D eigenvalue weighted by Gasteiger charge is 2.50. The number of aliphatic hydroxyl groups is 2. The number of esters is 3. The molecule has 1 fully saturated rings. The number of aliphatic hydroxyl groups excluding tert-OH is 2. The van der Waals surface area contributed by atoms with Crippen LogP contribution in [0.25, 0.3) is 0 Å². The Balaban J connectivity index is 2.60. The summed E-state index contributed by atoms with van der Waals surface area (Å²) in [5.74, 6) is -3.10. The molecule has 0 aromatic carbocycles. The van der Waals surface area contributed by atoms with E-state index in [-0.39, 0.29) is 25.9 Å². The van der Waals surface area contributed by atoms with Crippen LogP contribution in [-0.2, 0) is 42.9 Å². The van der Waals surface area contributed by atoms with Crippen LogP contribution in [0.4, 0.5) is 0 Å². The Kier molecular flexibility index (Phi) is 50.5. The number of rotatable bonds is 56. The predicted octanol–water partition coefficient (Wildman–Crippen LogP) is 17.0. The minimum absolute atomic E-state index is 0.0664. The number of aliphatic carboxylic acids is 1. The molecule has 0 aliphatic carbocycles. The van der Waals surface area contributed by atoms with Crippen molar-refractivity contribution in [2.24, 2.45) is 0 Å². The van der Waals surface area contributed by atoms with Crippen molar-refractivity contribution in [3.63, 3.8) is 0 Å². The molecule has 12 nitrogen and oxygen atoms in total. The first-order valence-corrected chi connectivity index (χ1v) is 32.3. The van der Waals surface area contributed by atoms with Crippen LogP contribution in [0, 0.1) is 0 Å². The molecular weight excluding hydrogens is 973 g/mol. The van der Waals surface area contributed by atoms with Crippen LogP contribution in [0.15, 0.2) is 24.3 Å². The smallest absolute Gasteiger partial charge is 0.335 e. The van der Waals surface area contributed by atoms with Gasteiger partial charge in [-0.15, -0.1) is 0 Å². The van der Waals surface area contributed by atoms with Crippen molar-refractivity contribution in [3.05, 3.63) is 24.3 Å². The van der Waals surface area contributed by atoms with Gasteiger partial charge in [0, 0.05) is 19.3 Å². The van der Waals surface area contributed by atoms with Gasteiger partial charge in [-0.3, -0.25) is 14.4 Å². The topological polar surface area (TPSA) is 175 Å². The van der Waals surface area contributed by atoms with E-state index < -0.39 is 67.3 Å². The second-order valence-corrected chi connectivity index (χ2v) is 22.4. The molecule has 0 amide bonds. The van der Waals surface area contributed by atoms with Crippen LogP contribution >= 0.6 is 0 Å². The summed E-state index contributed by atoms with van der Waals surface area (Å²) in [6.45, 7) is 5.99. The lowest BCUT2D eigenvalue weighted by Crippen LogP contribution is -2.61. The van der Waals surface area contributed by atoms with Crippen molar-refractivity contribution >= 4 is 23.9 Å². The summed E-state index contributed by atoms with van der Waals surface area (Å²) < 4.78 is 28.5. The van der Waals surface area contributed by atoms with E-state index in [4.69, 9.17) is 23.7 Å². The molecule has 450 valence electrons. The molecule has 1 aliphatic heterocycles. The second-order valence-electron chi connectivity index (χ2n) is 22.4. The molecule has 1 rings (SSSR count). The summed E-state index contributed by atoms with van der Waals surface area (Å²) >= 11 is 0. The molecule has 0 aromatic rings. The van der Waals surface area contributed by atoms with Crippen LogP contribution in [-0.4, -0.2) is 89.2 Å². The molecule has 0 saturated carbocycles. The lowest BCUT2D eigenvalue weighted by molar-refractivity contribution is -0.301. The van der Waals surface area contributed by atoms with Crippen molar-refractivity contribution in [2.45, 2.75) is 353 Å². The van der Waals surface area contributed by atoms with E-state index in [9.17, 15) is 34.5 Å². The highest BCUT2D eigenvalue weighted by Crippen LogP contribution is 2.27. The molecule has 3 N–H and O–H groups in total. The standard InChI is InChI=1S/C65H118O12/c1-4-7-10-13-16-19-22-24-26-28-29-31-32-34-37-39-42-45-48-51-57(66)73-54-56(75-58(67)52-49-46-43-40-36-21-18-15-12-9-6-3)55-74-65-63(61(70)60(69)62(77-65)64(71)72)76-59(68)53-50-47-44-41-38-35-33-30-27-25-23-20-17-14-11-8-5-2/h15,18,24,26,56,60-63,65,69-70H,4-14,16-17,19-23,25,27-55H2,1-3H3,(H,71,72)/b18-15-,26-24-. The number of ether oxygens (including phenoxy) is 5. The lowest BCUT2D eigenvalue weighted by atomic mass is 9.98. The van der Waals surface area contributed by atoms with Gasteiger partial charge in [0.1, 0.15) is 18.8 Å². The minimum Gasteiger partial charge on any atom is -0.479 e. The number of allylic oxidation sites excluding steroid dienone is 4. The quantitative estimate of drug-likeness (QED) is 0.0228. The second kappa shape index (κ2) is 53.8. The number of carboxylic acid groups (broad SMARTS) is 1. The van der Waals surface area contributed by atoms with Crippen molar-refractivity contribution in [1.29, 1.82) is 0 Å². The van der Waals surface area contributed by atoms with E-state index in [1.165, 1.54) is 180 Å². The monoisotopic (exact) mass is 1090 g/mol. The highest BCUT2D eigenvalue weighted by atomic mass is 16.7. The van der Waals surface area contributed by atoms with Gasteiger partial charge >= 0.3 is 23.9 Å². The Hall–Kier alpha value is -2.80. The van der Waals surface area contributed by atoms with Crippen LogP contribution in [0.5, 0.6) is 0 Å². The number of carboxylic acids is 1. The summed E-state index contributed by atoms with van der Waals surface area (Å²) in [4.78, 5) is 51.2. The molecule has 77 heavy (non-hydrogen) atoms. The third-order valence-corrected chi connectivity index (χ3v) is 15.0. The largest absolute Gasteiger partial charge is 0.479 e. The first-order valence-electron chi connectivity index (χ1n) is 32.3. The maximum absolute atomic E-state index is 13.1. The average Bonchev–Trinajstić information content (AvgIpc) is 3.42. The number of carbonyl (C=O) groups excluding carboxylic acids is 3. The zero-order valence-corrected chi connectivity index (χ0v) is 49.7. The zero-order valence-electron chi connectivity index (χ0n) is 49.7. The van der Waals surface area contributed by atoms with Gasteiger partial charge < -0.3 is 39.0 Å². The van der Waals surface area contributed by atoms with E-state index in [0.29, 0.717) is 19.3 Å². The molecule has 6 unspecified atom stereocenters. The summed E-state index contributed by atoms with van der Waals surface area (Å²) in [5.41, 5.74) is 0. The van der Waals surface area contributed by atoms with E-state index >= 15 is 0 Å². The Morgan fingerprint density at radius 1 is 0.416 bits per heavy atom. The Labute approximate surface area is 470 Å². The maximum Gasteiger partial charge on any atom is 0.335 e. The van der Waals surface area contributed by atoms with Crippen LogP contribution in [0.3, 0.4) is 0 Å². The Bertz CT molecular complexity index is 1430. The van der Waals surface area contributed by atoms with Gasteiger partial charge in [0.15, 0.2) is 24.6 Å². The normalized spacial score (nSPS) is 18.1. The fourth-order valence-electron chi connectivity index (χ4n) is 9.99. The highest BCUT2D eigenvalue weighted by molar-refractivity contribution is 5.74. The molecular formula is C65H118O12. The molecule has 6 atom stereocenters. The van der Waals surface area contributed by atoms with E-state index in [1.807, 2.05) is 0 Å². The van der Waals surface area contributed by atoms with Gasteiger partial charge in [0.05, 0.1) is 6.61 Å². The van der Waals surface area contributed by atoms with Gasteiger partial charge in [-0.2, -0.15) is 0 Å². The number of hydrogen-bond donors (Lipinski definition) is 3. The molecule has 12 heteroatoms. The summed E-state index contributed by atoms with van der Waals surface area (Å²) in [6.07, 6.45) is 50.0. The van der Waals surface area contributed by atoms with Crippen LogP contribution in [0.1, 0.15) is 316 Å².